The van der Waals surface area contributed by atoms with Crippen molar-refractivity contribution < 1.29 is 9.47 Å². The SMILES string of the molecule is CCCCOCCCNCc1ccc(OCc2ccccc2Cl)cc1.Cl. The Balaban J connectivity index is 0.00000338. The number of nitrogens with one attached hydrogen (secondary N) is 1. The third kappa shape index (κ3) is 8.91. The molecular weight excluding hydrogens is 369 g/mol. The smallest absolute Gasteiger partial charge is 0.119 e. The maximum Gasteiger partial charge on any atom is 0.119 e. The van der Waals surface area contributed by atoms with Gasteiger partial charge in [-0.25, -0.2) is 0 Å². The van der Waals surface area contributed by atoms with Crippen LogP contribution in [0, 0.1) is 0 Å². The molecule has 2 rings (SSSR count). The molecule has 0 unspecified atom stereocenters. The second kappa shape index (κ2) is 13.9. The molecule has 0 saturated carbocycles. The van der Waals surface area contributed by atoms with Crippen LogP contribution in [0.4, 0.5) is 0 Å². The van der Waals surface area contributed by atoms with Crippen molar-refractivity contribution >= 4 is 24.0 Å². The van der Waals surface area contributed by atoms with Gasteiger partial charge < -0.3 is 14.8 Å². The molecule has 0 amide bonds. The van der Waals surface area contributed by atoms with Crippen LogP contribution in [0.3, 0.4) is 0 Å². The summed E-state index contributed by atoms with van der Waals surface area (Å²) in [4.78, 5) is 0. The number of unbranched alkanes of at least 4 members (excludes halogenated alkanes) is 1. The monoisotopic (exact) mass is 397 g/mol. The second-order valence-corrected chi connectivity index (χ2v) is 6.43. The molecule has 0 aliphatic heterocycles. The first-order chi connectivity index (χ1) is 12.3. The van der Waals surface area contributed by atoms with E-state index in [0.717, 1.165) is 55.5 Å². The van der Waals surface area contributed by atoms with E-state index in [0.29, 0.717) is 6.61 Å². The van der Waals surface area contributed by atoms with Gasteiger partial charge in [-0.1, -0.05) is 55.3 Å². The quantitative estimate of drug-likeness (QED) is 0.470. The van der Waals surface area contributed by atoms with E-state index in [1.54, 1.807) is 0 Å². The lowest BCUT2D eigenvalue weighted by Crippen LogP contribution is -2.16. The van der Waals surface area contributed by atoms with Crippen molar-refractivity contribution in [2.45, 2.75) is 39.3 Å². The number of ether oxygens (including phenoxy) is 2. The van der Waals surface area contributed by atoms with Crippen LogP contribution in [0.25, 0.3) is 0 Å². The van der Waals surface area contributed by atoms with Gasteiger partial charge in [-0.3, -0.25) is 0 Å². The number of halogens is 2. The Labute approximate surface area is 168 Å². The van der Waals surface area contributed by atoms with E-state index in [9.17, 15) is 0 Å². The van der Waals surface area contributed by atoms with Gasteiger partial charge in [0, 0.05) is 30.3 Å². The third-order valence-corrected chi connectivity index (χ3v) is 4.26. The molecule has 2 aromatic rings. The summed E-state index contributed by atoms with van der Waals surface area (Å²) >= 11 is 6.14. The summed E-state index contributed by atoms with van der Waals surface area (Å²) in [6.45, 7) is 6.21. The van der Waals surface area contributed by atoms with Gasteiger partial charge in [0.25, 0.3) is 0 Å². The summed E-state index contributed by atoms with van der Waals surface area (Å²) in [5.41, 5.74) is 2.24. The lowest BCUT2D eigenvalue weighted by atomic mass is 10.2. The summed E-state index contributed by atoms with van der Waals surface area (Å²) in [5.74, 6) is 0.855. The molecule has 5 heteroatoms. The highest BCUT2D eigenvalue weighted by Crippen LogP contribution is 2.18. The average Bonchev–Trinajstić information content (AvgIpc) is 2.64. The second-order valence-electron chi connectivity index (χ2n) is 6.02. The molecule has 2 aromatic carbocycles. The number of rotatable bonds is 12. The van der Waals surface area contributed by atoms with Crippen molar-refractivity contribution in [3.05, 3.63) is 64.7 Å². The lowest BCUT2D eigenvalue weighted by molar-refractivity contribution is 0.129. The number of hydrogen-bond acceptors (Lipinski definition) is 3. The maximum absolute atomic E-state index is 6.14. The largest absolute Gasteiger partial charge is 0.489 e. The van der Waals surface area contributed by atoms with Gasteiger partial charge in [0.15, 0.2) is 0 Å². The van der Waals surface area contributed by atoms with Gasteiger partial charge in [0.05, 0.1) is 0 Å². The summed E-state index contributed by atoms with van der Waals surface area (Å²) in [6.07, 6.45) is 3.39. The minimum Gasteiger partial charge on any atom is -0.489 e. The normalized spacial score (nSPS) is 10.4. The highest BCUT2D eigenvalue weighted by molar-refractivity contribution is 6.31. The predicted molar refractivity (Wildman–Crippen MR) is 112 cm³/mol. The van der Waals surface area contributed by atoms with Crippen molar-refractivity contribution in [3.8, 4) is 5.75 Å². The van der Waals surface area contributed by atoms with Crippen molar-refractivity contribution in [3.63, 3.8) is 0 Å². The van der Waals surface area contributed by atoms with Crippen LogP contribution in [-0.4, -0.2) is 19.8 Å². The standard InChI is InChI=1S/C21H28ClNO2.ClH/c1-2-3-14-24-15-6-13-23-16-18-9-11-20(12-10-18)25-17-19-7-4-5-8-21(19)22;/h4-5,7-12,23H,2-3,6,13-17H2,1H3;1H. The maximum atomic E-state index is 6.14. The first-order valence-electron chi connectivity index (χ1n) is 9.03. The first kappa shape index (κ1) is 22.8. The molecule has 144 valence electrons. The van der Waals surface area contributed by atoms with Crippen molar-refractivity contribution in [1.29, 1.82) is 0 Å². The zero-order valence-electron chi connectivity index (χ0n) is 15.4. The molecule has 0 heterocycles. The van der Waals surface area contributed by atoms with Gasteiger partial charge in [0.2, 0.25) is 0 Å². The van der Waals surface area contributed by atoms with Crippen LogP contribution >= 0.6 is 24.0 Å². The van der Waals surface area contributed by atoms with Gasteiger partial charge in [-0.2, -0.15) is 0 Å². The molecule has 26 heavy (non-hydrogen) atoms. The Morgan fingerprint density at radius 2 is 1.69 bits per heavy atom. The van der Waals surface area contributed by atoms with Gasteiger partial charge in [-0.05, 0) is 43.1 Å². The summed E-state index contributed by atoms with van der Waals surface area (Å²) in [6, 6.07) is 15.9. The van der Waals surface area contributed by atoms with E-state index in [1.807, 2.05) is 36.4 Å². The van der Waals surface area contributed by atoms with E-state index in [-0.39, 0.29) is 12.4 Å². The van der Waals surface area contributed by atoms with Crippen LogP contribution < -0.4 is 10.1 Å². The Bertz CT molecular complexity index is 605. The topological polar surface area (TPSA) is 30.5 Å². The summed E-state index contributed by atoms with van der Waals surface area (Å²) in [5, 5.41) is 4.18. The van der Waals surface area contributed by atoms with Crippen LogP contribution in [0.1, 0.15) is 37.3 Å². The predicted octanol–water partition coefficient (Wildman–Crippen LogP) is 5.64. The molecule has 0 bridgehead atoms. The molecule has 0 aliphatic rings. The van der Waals surface area contributed by atoms with Crippen molar-refractivity contribution in [2.75, 3.05) is 19.8 Å². The molecule has 3 nitrogen and oxygen atoms in total. The molecule has 0 radical (unpaired) electrons. The molecular formula is C21H29Cl2NO2. The molecule has 0 aromatic heterocycles. The fourth-order valence-electron chi connectivity index (χ4n) is 2.36. The van der Waals surface area contributed by atoms with Crippen molar-refractivity contribution in [2.24, 2.45) is 0 Å². The fourth-order valence-corrected chi connectivity index (χ4v) is 2.55. The van der Waals surface area contributed by atoms with E-state index in [1.165, 1.54) is 12.0 Å². The van der Waals surface area contributed by atoms with Gasteiger partial charge in [-0.15, -0.1) is 12.4 Å². The summed E-state index contributed by atoms with van der Waals surface area (Å²) in [7, 11) is 0. The highest BCUT2D eigenvalue weighted by Gasteiger charge is 2.01. The van der Waals surface area contributed by atoms with Crippen LogP contribution in [-0.2, 0) is 17.9 Å². The van der Waals surface area contributed by atoms with E-state index < -0.39 is 0 Å². The highest BCUT2D eigenvalue weighted by atomic mass is 35.5. The fraction of sp³-hybridized carbons (Fsp3) is 0.429. The molecule has 1 N–H and O–H groups in total. The molecule has 0 saturated heterocycles. The van der Waals surface area contributed by atoms with E-state index in [2.05, 4.69) is 24.4 Å². The Morgan fingerprint density at radius 1 is 0.962 bits per heavy atom. The Kier molecular flexibility index (Phi) is 12.2. The Morgan fingerprint density at radius 3 is 2.42 bits per heavy atom. The van der Waals surface area contributed by atoms with Crippen LogP contribution in [0.5, 0.6) is 5.75 Å². The van der Waals surface area contributed by atoms with E-state index >= 15 is 0 Å². The van der Waals surface area contributed by atoms with E-state index in [4.69, 9.17) is 21.1 Å². The zero-order valence-corrected chi connectivity index (χ0v) is 17.0. The zero-order chi connectivity index (χ0) is 17.7. The van der Waals surface area contributed by atoms with Gasteiger partial charge >= 0.3 is 0 Å². The Hall–Kier alpha value is -1.26. The molecule has 0 aliphatic carbocycles. The van der Waals surface area contributed by atoms with Crippen LogP contribution in [0.15, 0.2) is 48.5 Å². The lowest BCUT2D eigenvalue weighted by Gasteiger charge is -2.09. The minimum atomic E-state index is 0. The molecule has 0 fully saturated rings. The van der Waals surface area contributed by atoms with Gasteiger partial charge in [0.1, 0.15) is 12.4 Å². The molecule has 0 spiro atoms. The third-order valence-electron chi connectivity index (χ3n) is 3.89. The minimum absolute atomic E-state index is 0. The average molecular weight is 398 g/mol. The first-order valence-corrected chi connectivity index (χ1v) is 9.41. The van der Waals surface area contributed by atoms with Crippen molar-refractivity contribution in [1.82, 2.24) is 5.32 Å². The summed E-state index contributed by atoms with van der Waals surface area (Å²) < 4.78 is 11.3. The molecule has 0 atom stereocenters. The van der Waals surface area contributed by atoms with Crippen LogP contribution in [0.2, 0.25) is 5.02 Å². The number of hydrogen-bond donors (Lipinski definition) is 1. The number of benzene rings is 2.